The first-order valence-corrected chi connectivity index (χ1v) is 13.0. The molecule has 8 heteroatoms. The molecule has 1 aromatic heterocycles. The van der Waals surface area contributed by atoms with Gasteiger partial charge in [0.25, 0.3) is 0 Å². The average molecular weight is 464 g/mol. The number of hydrogen-bond donors (Lipinski definition) is 1. The Morgan fingerprint density at radius 3 is 2.42 bits per heavy atom. The van der Waals surface area contributed by atoms with E-state index in [-0.39, 0.29) is 29.8 Å². The molecule has 0 spiro atoms. The Balaban J connectivity index is 1.78. The van der Waals surface area contributed by atoms with E-state index in [0.717, 1.165) is 42.5 Å². The van der Waals surface area contributed by atoms with Gasteiger partial charge < -0.3 is 10.1 Å². The van der Waals surface area contributed by atoms with Crippen LogP contribution in [0.15, 0.2) is 29.2 Å². The van der Waals surface area contributed by atoms with Gasteiger partial charge in [-0.2, -0.15) is 0 Å². The number of benzene rings is 1. The zero-order valence-corrected chi connectivity index (χ0v) is 19.8. The molecule has 0 radical (unpaired) electrons. The minimum absolute atomic E-state index is 0.0901. The fraction of sp³-hybridized carbons (Fsp3) is 0.478. The Morgan fingerprint density at radius 2 is 1.77 bits per heavy atom. The van der Waals surface area contributed by atoms with Crippen LogP contribution in [0.5, 0.6) is 0 Å². The highest BCUT2D eigenvalue weighted by atomic mass is 32.2. The molecule has 168 valence electrons. The number of aryl methyl sites for hydroxylation is 1. The lowest BCUT2D eigenvalue weighted by Gasteiger charge is -2.10. The van der Waals surface area contributed by atoms with Crippen molar-refractivity contribution in [3.8, 4) is 0 Å². The van der Waals surface area contributed by atoms with Crippen LogP contribution in [0.2, 0.25) is 0 Å². The third kappa shape index (κ3) is 5.36. The number of amides is 1. The number of esters is 1. The summed E-state index contributed by atoms with van der Waals surface area (Å²) in [6.45, 7) is 5.33. The van der Waals surface area contributed by atoms with Crippen LogP contribution in [0.4, 0.5) is 5.00 Å². The molecule has 0 saturated carbocycles. The normalized spacial score (nSPS) is 14.1. The van der Waals surface area contributed by atoms with Crippen LogP contribution in [-0.2, 0) is 38.6 Å². The molecule has 0 atom stereocenters. The molecule has 1 heterocycles. The van der Waals surface area contributed by atoms with Crippen LogP contribution >= 0.6 is 11.3 Å². The Kier molecular flexibility index (Phi) is 7.54. The lowest BCUT2D eigenvalue weighted by molar-refractivity contribution is -0.115. The minimum atomic E-state index is -3.35. The number of carbonyl (C=O) groups excluding carboxylic acids is 2. The van der Waals surface area contributed by atoms with E-state index in [2.05, 4.69) is 5.32 Å². The van der Waals surface area contributed by atoms with Crippen LogP contribution in [0.3, 0.4) is 0 Å². The van der Waals surface area contributed by atoms with Gasteiger partial charge in [0.2, 0.25) is 5.91 Å². The molecule has 0 bridgehead atoms. The number of anilines is 1. The molecule has 0 saturated heterocycles. The lowest BCUT2D eigenvalue weighted by Crippen LogP contribution is -2.17. The second kappa shape index (κ2) is 9.96. The standard InChI is InChI=1S/C23H29NO5S2/c1-4-29-23(26)21-18-8-6-5-7-9-19(18)30-22(21)24-20(25)14-16-10-12-17(13-11-16)31(27,28)15(2)3/h10-13,15H,4-9,14H2,1-3H3,(H,24,25). The number of carbonyl (C=O) groups is 2. The van der Waals surface area contributed by atoms with E-state index >= 15 is 0 Å². The number of nitrogens with one attached hydrogen (secondary N) is 1. The van der Waals surface area contributed by atoms with Crippen molar-refractivity contribution < 1.29 is 22.7 Å². The first-order valence-electron chi connectivity index (χ1n) is 10.7. The van der Waals surface area contributed by atoms with Crippen LogP contribution in [-0.4, -0.2) is 32.2 Å². The van der Waals surface area contributed by atoms with Crippen molar-refractivity contribution in [3.05, 3.63) is 45.8 Å². The van der Waals surface area contributed by atoms with Crippen molar-refractivity contribution in [2.75, 3.05) is 11.9 Å². The monoisotopic (exact) mass is 463 g/mol. The van der Waals surface area contributed by atoms with E-state index in [4.69, 9.17) is 4.74 Å². The predicted molar refractivity (Wildman–Crippen MR) is 123 cm³/mol. The molecule has 31 heavy (non-hydrogen) atoms. The molecule has 0 unspecified atom stereocenters. The third-order valence-corrected chi connectivity index (χ3v) is 8.77. The molecular formula is C23H29NO5S2. The lowest BCUT2D eigenvalue weighted by atomic mass is 10.1. The molecule has 1 amide bonds. The minimum Gasteiger partial charge on any atom is -0.462 e. The van der Waals surface area contributed by atoms with Gasteiger partial charge >= 0.3 is 5.97 Å². The van der Waals surface area contributed by atoms with E-state index < -0.39 is 15.1 Å². The Morgan fingerprint density at radius 1 is 1.10 bits per heavy atom. The second-order valence-electron chi connectivity index (χ2n) is 7.95. The molecule has 6 nitrogen and oxygen atoms in total. The van der Waals surface area contributed by atoms with Crippen molar-refractivity contribution in [3.63, 3.8) is 0 Å². The maximum absolute atomic E-state index is 12.7. The SMILES string of the molecule is CCOC(=O)c1c(NC(=O)Cc2ccc(S(=O)(=O)C(C)C)cc2)sc2c1CCCCC2. The molecule has 0 fully saturated rings. The summed E-state index contributed by atoms with van der Waals surface area (Å²) >= 11 is 1.47. The highest BCUT2D eigenvalue weighted by Crippen LogP contribution is 2.38. The zero-order valence-electron chi connectivity index (χ0n) is 18.2. The van der Waals surface area contributed by atoms with Crippen molar-refractivity contribution >= 4 is 38.1 Å². The summed E-state index contributed by atoms with van der Waals surface area (Å²) in [6, 6.07) is 6.39. The Labute approximate surface area is 187 Å². The number of ether oxygens (including phenoxy) is 1. The van der Waals surface area contributed by atoms with Crippen molar-refractivity contribution in [1.29, 1.82) is 0 Å². The third-order valence-electron chi connectivity index (χ3n) is 5.39. The topological polar surface area (TPSA) is 89.5 Å². The maximum Gasteiger partial charge on any atom is 0.341 e. The van der Waals surface area contributed by atoms with Gasteiger partial charge in [-0.1, -0.05) is 18.6 Å². The summed E-state index contributed by atoms with van der Waals surface area (Å²) in [6.07, 6.45) is 5.06. The number of thiophene rings is 1. The van der Waals surface area contributed by atoms with Gasteiger partial charge in [-0.15, -0.1) is 11.3 Å². The van der Waals surface area contributed by atoms with Crippen molar-refractivity contribution in [2.45, 2.75) is 69.4 Å². The van der Waals surface area contributed by atoms with Crippen LogP contribution in [0.1, 0.15) is 66.4 Å². The van der Waals surface area contributed by atoms with Crippen molar-refractivity contribution in [1.82, 2.24) is 0 Å². The number of sulfone groups is 1. The second-order valence-corrected chi connectivity index (χ2v) is 11.6. The largest absolute Gasteiger partial charge is 0.462 e. The molecule has 1 N–H and O–H groups in total. The number of rotatable bonds is 7. The highest BCUT2D eigenvalue weighted by Gasteiger charge is 2.26. The molecular weight excluding hydrogens is 434 g/mol. The first-order chi connectivity index (χ1) is 14.7. The first kappa shape index (κ1) is 23.5. The van der Waals surface area contributed by atoms with E-state index in [9.17, 15) is 18.0 Å². The molecule has 1 aromatic carbocycles. The predicted octanol–water partition coefficient (Wildman–Crippen LogP) is 4.56. The quantitative estimate of drug-likeness (QED) is 0.480. The van der Waals surface area contributed by atoms with E-state index in [0.29, 0.717) is 16.1 Å². The molecule has 1 aliphatic carbocycles. The van der Waals surface area contributed by atoms with Gasteiger partial charge in [0.05, 0.1) is 28.7 Å². The van der Waals surface area contributed by atoms with Gasteiger partial charge in [0, 0.05) is 4.88 Å². The number of fused-ring (bicyclic) bond motifs is 1. The maximum atomic E-state index is 12.7. The summed E-state index contributed by atoms with van der Waals surface area (Å²) in [5.74, 6) is -0.637. The van der Waals surface area contributed by atoms with Crippen LogP contribution in [0.25, 0.3) is 0 Å². The molecule has 0 aliphatic heterocycles. The summed E-state index contributed by atoms with van der Waals surface area (Å²) in [7, 11) is -3.35. The summed E-state index contributed by atoms with van der Waals surface area (Å²) in [4.78, 5) is 26.7. The van der Waals surface area contributed by atoms with Gasteiger partial charge in [-0.3, -0.25) is 4.79 Å². The Hall–Kier alpha value is -2.19. The Bertz CT molecular complexity index is 1050. The van der Waals surface area contributed by atoms with E-state index in [1.54, 1.807) is 32.9 Å². The van der Waals surface area contributed by atoms with Crippen LogP contribution < -0.4 is 5.32 Å². The van der Waals surface area contributed by atoms with Crippen molar-refractivity contribution in [2.24, 2.45) is 0 Å². The van der Waals surface area contributed by atoms with Gasteiger partial charge in [-0.25, -0.2) is 13.2 Å². The number of hydrogen-bond acceptors (Lipinski definition) is 6. The zero-order chi connectivity index (χ0) is 22.6. The summed E-state index contributed by atoms with van der Waals surface area (Å²) < 4.78 is 29.8. The molecule has 1 aliphatic rings. The smallest absolute Gasteiger partial charge is 0.341 e. The highest BCUT2D eigenvalue weighted by molar-refractivity contribution is 7.92. The van der Waals surface area contributed by atoms with Gasteiger partial charge in [-0.05, 0) is 69.7 Å². The molecule has 2 aromatic rings. The van der Waals surface area contributed by atoms with E-state index in [1.807, 2.05) is 0 Å². The summed E-state index contributed by atoms with van der Waals surface area (Å²) in [5.41, 5.74) is 2.21. The van der Waals surface area contributed by atoms with Crippen LogP contribution in [0, 0.1) is 0 Å². The summed E-state index contributed by atoms with van der Waals surface area (Å²) in [5, 5.41) is 2.95. The fourth-order valence-corrected chi connectivity index (χ4v) is 6.03. The molecule has 3 rings (SSSR count). The van der Waals surface area contributed by atoms with Gasteiger partial charge in [0.1, 0.15) is 5.00 Å². The average Bonchev–Trinajstić information content (AvgIpc) is 2.88. The fourth-order valence-electron chi connectivity index (χ4n) is 3.68. The van der Waals surface area contributed by atoms with E-state index in [1.165, 1.54) is 23.5 Å². The van der Waals surface area contributed by atoms with Gasteiger partial charge in [0.15, 0.2) is 9.84 Å².